The van der Waals surface area contributed by atoms with Crippen molar-refractivity contribution in [2.75, 3.05) is 44.7 Å². The summed E-state index contributed by atoms with van der Waals surface area (Å²) in [4.78, 5) is 14.1. The predicted molar refractivity (Wildman–Crippen MR) is 152 cm³/mol. The van der Waals surface area contributed by atoms with E-state index >= 15 is 4.39 Å². The van der Waals surface area contributed by atoms with Gasteiger partial charge in [-0.3, -0.25) is 0 Å². The summed E-state index contributed by atoms with van der Waals surface area (Å²) in [6.07, 6.45) is 3.16. The Morgan fingerprint density at radius 1 is 1.08 bits per heavy atom. The van der Waals surface area contributed by atoms with E-state index in [2.05, 4.69) is 27.1 Å². The SMILES string of the molecule is CN1CC[C@@H](COc2nc(N3C4CCC3CNC4)c3cc(Cl)c(-c4cc(O)cc5ccccc45)c(F)c3n2)C1. The lowest BCUT2D eigenvalue weighted by molar-refractivity contribution is 0.233. The van der Waals surface area contributed by atoms with Crippen LogP contribution in [0.2, 0.25) is 5.02 Å². The van der Waals surface area contributed by atoms with Gasteiger partial charge < -0.3 is 25.0 Å². The molecule has 39 heavy (non-hydrogen) atoms. The van der Waals surface area contributed by atoms with Gasteiger partial charge in [-0.05, 0) is 67.4 Å². The van der Waals surface area contributed by atoms with Gasteiger partial charge in [0.15, 0.2) is 5.82 Å². The molecule has 0 amide bonds. The van der Waals surface area contributed by atoms with Gasteiger partial charge in [0, 0.05) is 48.6 Å². The average molecular weight is 548 g/mol. The molecular weight excluding hydrogens is 517 g/mol. The van der Waals surface area contributed by atoms with Gasteiger partial charge >= 0.3 is 6.01 Å². The monoisotopic (exact) mass is 547 g/mol. The number of fused-ring (bicyclic) bond motifs is 4. The van der Waals surface area contributed by atoms with Crippen LogP contribution in [0.3, 0.4) is 0 Å². The molecule has 0 spiro atoms. The Morgan fingerprint density at radius 2 is 1.87 bits per heavy atom. The van der Waals surface area contributed by atoms with Gasteiger partial charge in [-0.25, -0.2) is 4.39 Å². The maximum absolute atomic E-state index is 16.7. The van der Waals surface area contributed by atoms with E-state index in [1.807, 2.05) is 24.3 Å². The Morgan fingerprint density at radius 3 is 2.64 bits per heavy atom. The number of piperazine rings is 1. The first-order chi connectivity index (χ1) is 19.0. The maximum atomic E-state index is 16.7. The Labute approximate surface area is 231 Å². The van der Waals surface area contributed by atoms with Crippen molar-refractivity contribution in [3.63, 3.8) is 0 Å². The van der Waals surface area contributed by atoms with Crippen molar-refractivity contribution in [2.24, 2.45) is 5.92 Å². The predicted octanol–water partition coefficient (Wildman–Crippen LogP) is 5.22. The number of hydrogen-bond acceptors (Lipinski definition) is 7. The molecule has 3 aromatic carbocycles. The number of hydrogen-bond donors (Lipinski definition) is 2. The lowest BCUT2D eigenvalue weighted by atomic mass is 9.96. The topological polar surface area (TPSA) is 73.8 Å². The molecule has 2 unspecified atom stereocenters. The van der Waals surface area contributed by atoms with E-state index in [0.29, 0.717) is 29.3 Å². The van der Waals surface area contributed by atoms with Crippen molar-refractivity contribution in [3.8, 4) is 22.9 Å². The van der Waals surface area contributed by atoms with Crippen molar-refractivity contribution in [3.05, 3.63) is 53.3 Å². The molecular formula is C30H31ClFN5O2. The van der Waals surface area contributed by atoms with Gasteiger partial charge in [0.1, 0.15) is 17.1 Å². The first-order valence-electron chi connectivity index (χ1n) is 13.7. The third kappa shape index (κ3) is 4.35. The Hall–Kier alpha value is -3.20. The number of ether oxygens (including phenoxy) is 1. The first-order valence-corrected chi connectivity index (χ1v) is 14.1. The molecule has 2 N–H and O–H groups in total. The largest absolute Gasteiger partial charge is 0.508 e. The molecule has 9 heteroatoms. The normalized spacial score (nSPS) is 23.3. The number of phenolic OH excluding ortho intramolecular Hbond substituents is 1. The van der Waals surface area contributed by atoms with E-state index in [-0.39, 0.29) is 39.9 Å². The number of rotatable bonds is 5. The third-order valence-electron chi connectivity index (χ3n) is 8.52. The van der Waals surface area contributed by atoms with Crippen molar-refractivity contribution < 1.29 is 14.2 Å². The summed E-state index contributed by atoms with van der Waals surface area (Å²) < 4.78 is 22.8. The fourth-order valence-corrected chi connectivity index (χ4v) is 6.94. The van der Waals surface area contributed by atoms with Gasteiger partial charge in [-0.1, -0.05) is 35.9 Å². The lowest BCUT2D eigenvalue weighted by Gasteiger charge is -2.37. The van der Waals surface area contributed by atoms with Crippen LogP contribution in [0.4, 0.5) is 10.2 Å². The molecule has 202 valence electrons. The molecule has 4 heterocycles. The quantitative estimate of drug-likeness (QED) is 0.355. The molecule has 3 saturated heterocycles. The van der Waals surface area contributed by atoms with E-state index in [1.165, 1.54) is 0 Å². The number of benzene rings is 3. The zero-order valence-electron chi connectivity index (χ0n) is 21.8. The standard InChI is InChI=1S/C30H31ClFN5O2/c1-36-9-8-17(15-36)16-39-30-34-28-24(29(35-30)37-19-6-7-20(37)14-33-13-19)12-25(31)26(27(28)32)23-11-21(38)10-18-4-2-3-5-22(18)23/h2-5,10-12,17,19-20,33,38H,6-9,13-16H2,1H3/t17-,19?,20?/m1/s1. The minimum absolute atomic E-state index is 0.0468. The van der Waals surface area contributed by atoms with E-state index in [9.17, 15) is 5.11 Å². The van der Waals surface area contributed by atoms with Crippen LogP contribution in [0, 0.1) is 11.7 Å². The van der Waals surface area contributed by atoms with Crippen LogP contribution in [0.25, 0.3) is 32.8 Å². The zero-order chi connectivity index (χ0) is 26.7. The number of halogens is 2. The molecule has 7 rings (SSSR count). The number of likely N-dealkylation sites (tertiary alicyclic amines) is 1. The Kier molecular flexibility index (Phi) is 6.21. The number of aromatic hydroxyl groups is 1. The fourth-order valence-electron chi connectivity index (χ4n) is 6.65. The molecule has 7 nitrogen and oxygen atoms in total. The molecule has 2 bridgehead atoms. The number of nitrogens with one attached hydrogen (secondary N) is 1. The summed E-state index contributed by atoms with van der Waals surface area (Å²) in [7, 11) is 2.11. The highest BCUT2D eigenvalue weighted by atomic mass is 35.5. The molecule has 3 fully saturated rings. The van der Waals surface area contributed by atoms with Crippen LogP contribution in [-0.4, -0.2) is 71.9 Å². The maximum Gasteiger partial charge on any atom is 0.319 e. The minimum Gasteiger partial charge on any atom is -0.508 e. The number of anilines is 1. The second-order valence-corrected chi connectivity index (χ2v) is 11.6. The number of nitrogens with zero attached hydrogens (tertiary/aromatic N) is 4. The van der Waals surface area contributed by atoms with Crippen molar-refractivity contribution in [1.29, 1.82) is 0 Å². The Balaban J connectivity index is 1.40. The first kappa shape index (κ1) is 24.8. The molecule has 0 radical (unpaired) electrons. The summed E-state index contributed by atoms with van der Waals surface area (Å²) >= 11 is 6.85. The van der Waals surface area contributed by atoms with Gasteiger partial charge in [-0.2, -0.15) is 9.97 Å². The molecule has 0 saturated carbocycles. The second-order valence-electron chi connectivity index (χ2n) is 11.2. The van der Waals surface area contributed by atoms with Crippen LogP contribution in [0.1, 0.15) is 19.3 Å². The van der Waals surface area contributed by atoms with Gasteiger partial charge in [0.25, 0.3) is 0 Å². The summed E-state index contributed by atoms with van der Waals surface area (Å²) in [5, 5.41) is 16.4. The third-order valence-corrected chi connectivity index (χ3v) is 8.82. The molecule has 3 aliphatic rings. The molecule has 3 aliphatic heterocycles. The summed E-state index contributed by atoms with van der Waals surface area (Å²) in [5.74, 6) is 0.577. The highest BCUT2D eigenvalue weighted by Gasteiger charge is 2.39. The van der Waals surface area contributed by atoms with E-state index in [0.717, 1.165) is 56.2 Å². The van der Waals surface area contributed by atoms with Crippen LogP contribution in [0.5, 0.6) is 11.8 Å². The summed E-state index contributed by atoms with van der Waals surface area (Å²) in [6, 6.07) is 13.3. The smallest absolute Gasteiger partial charge is 0.319 e. The molecule has 1 aromatic heterocycles. The summed E-state index contributed by atoms with van der Waals surface area (Å²) in [6.45, 7) is 4.20. The number of phenols is 1. The highest BCUT2D eigenvalue weighted by Crippen LogP contribution is 2.44. The van der Waals surface area contributed by atoms with E-state index in [4.69, 9.17) is 21.3 Å². The fraction of sp³-hybridized carbons (Fsp3) is 0.400. The van der Waals surface area contributed by atoms with Crippen LogP contribution < -0.4 is 15.0 Å². The highest BCUT2D eigenvalue weighted by molar-refractivity contribution is 6.35. The lowest BCUT2D eigenvalue weighted by Crippen LogP contribution is -2.52. The number of aromatic nitrogens is 2. The Bertz CT molecular complexity index is 1570. The summed E-state index contributed by atoms with van der Waals surface area (Å²) in [5.41, 5.74) is 0.921. The van der Waals surface area contributed by atoms with Gasteiger partial charge in [-0.15, -0.1) is 0 Å². The van der Waals surface area contributed by atoms with Crippen LogP contribution in [-0.2, 0) is 0 Å². The van der Waals surface area contributed by atoms with E-state index in [1.54, 1.807) is 18.2 Å². The molecule has 4 aromatic rings. The average Bonchev–Trinajstić information content (AvgIpc) is 3.45. The zero-order valence-corrected chi connectivity index (χ0v) is 22.6. The molecule has 0 aliphatic carbocycles. The second kappa shape index (κ2) is 9.77. The van der Waals surface area contributed by atoms with Crippen molar-refractivity contribution >= 4 is 39.1 Å². The van der Waals surface area contributed by atoms with E-state index < -0.39 is 5.82 Å². The van der Waals surface area contributed by atoms with Crippen LogP contribution >= 0.6 is 11.6 Å². The minimum atomic E-state index is -0.537. The van der Waals surface area contributed by atoms with Crippen molar-refractivity contribution in [1.82, 2.24) is 20.2 Å². The molecule has 3 atom stereocenters. The van der Waals surface area contributed by atoms with Crippen molar-refractivity contribution in [2.45, 2.75) is 31.3 Å². The van der Waals surface area contributed by atoms with Gasteiger partial charge in [0.05, 0.1) is 11.6 Å². The van der Waals surface area contributed by atoms with Gasteiger partial charge in [0.2, 0.25) is 0 Å². The van der Waals surface area contributed by atoms with Crippen LogP contribution in [0.15, 0.2) is 42.5 Å².